The third-order valence-corrected chi connectivity index (χ3v) is 10.8. The summed E-state index contributed by atoms with van der Waals surface area (Å²) in [6.45, 7) is 7.52. The number of carbonyl (C=O) groups excluding carboxylic acids is 1. The third-order valence-electron chi connectivity index (χ3n) is 8.99. The van der Waals surface area contributed by atoms with Gasteiger partial charge in [-0.1, -0.05) is 41.4 Å². The lowest BCUT2D eigenvalue weighted by Crippen LogP contribution is -2.43. The molecule has 0 saturated carbocycles. The highest BCUT2D eigenvalue weighted by atomic mass is 35.5. The zero-order valence-electron chi connectivity index (χ0n) is 25.1. The number of benzene rings is 2. The van der Waals surface area contributed by atoms with Crippen molar-refractivity contribution in [2.45, 2.75) is 64.2 Å². The van der Waals surface area contributed by atoms with E-state index in [2.05, 4.69) is 9.47 Å². The minimum absolute atomic E-state index is 0.0967. The first-order valence-electron chi connectivity index (χ1n) is 15.3. The van der Waals surface area contributed by atoms with E-state index < -0.39 is 17.6 Å². The minimum atomic E-state index is -1.30. The van der Waals surface area contributed by atoms with Crippen molar-refractivity contribution in [3.05, 3.63) is 80.2 Å². The lowest BCUT2D eigenvalue weighted by Gasteiger charge is -2.44. The highest BCUT2D eigenvalue weighted by Gasteiger charge is 2.44. The van der Waals surface area contributed by atoms with E-state index in [1.54, 1.807) is 26.0 Å². The maximum Gasteiger partial charge on any atom is 0.350 e. The summed E-state index contributed by atoms with van der Waals surface area (Å²) in [6, 6.07) is 12.4. The minimum Gasteiger partial charge on any atom is -0.462 e. The van der Waals surface area contributed by atoms with Crippen molar-refractivity contribution < 1.29 is 28.1 Å². The Balaban J connectivity index is 1.10. The van der Waals surface area contributed by atoms with Crippen molar-refractivity contribution in [2.75, 3.05) is 26.3 Å². The van der Waals surface area contributed by atoms with Crippen LogP contribution in [0.4, 0.5) is 4.39 Å². The van der Waals surface area contributed by atoms with Crippen molar-refractivity contribution in [2.24, 2.45) is 5.92 Å². The molecule has 0 bridgehead atoms. The number of hydrogen-bond acceptors (Lipinski definition) is 8. The molecular weight excluding hydrogens is 640 g/mol. The first kappa shape index (κ1) is 30.9. The molecule has 4 aromatic rings. The highest BCUT2D eigenvalue weighted by molar-refractivity contribution is 7.21. The lowest BCUT2D eigenvalue weighted by molar-refractivity contribution is -0.243. The fourth-order valence-electron chi connectivity index (χ4n) is 6.57. The number of imidazole rings is 1. The summed E-state index contributed by atoms with van der Waals surface area (Å²) in [5.41, 5.74) is 2.06. The molecule has 3 aliphatic rings. The summed E-state index contributed by atoms with van der Waals surface area (Å²) in [4.78, 5) is 21.0. The molecular formula is C33H34Cl2FN3O5S. The SMILES string of the molecule is CCOC(=O)c1sc2nc(CN3CCC(C4O[C@](C)(c5ccc(Cl)cc5F)Oc5ccccc54)CC3)n(C[C@@H]3CCO3)c2c1Cl. The van der Waals surface area contributed by atoms with E-state index in [1.165, 1.54) is 17.4 Å². The smallest absolute Gasteiger partial charge is 0.350 e. The number of halogens is 3. The number of rotatable bonds is 8. The second-order valence-electron chi connectivity index (χ2n) is 11.9. The zero-order chi connectivity index (χ0) is 31.3. The van der Waals surface area contributed by atoms with Gasteiger partial charge in [0, 0.05) is 24.1 Å². The van der Waals surface area contributed by atoms with Crippen LogP contribution in [0.25, 0.3) is 10.3 Å². The Morgan fingerprint density at radius 1 is 1.18 bits per heavy atom. The monoisotopic (exact) mass is 673 g/mol. The zero-order valence-corrected chi connectivity index (χ0v) is 27.4. The predicted molar refractivity (Wildman–Crippen MR) is 171 cm³/mol. The number of hydrogen-bond donors (Lipinski definition) is 0. The number of para-hydroxylation sites is 1. The molecule has 7 rings (SSSR count). The number of piperidine rings is 1. The molecule has 0 radical (unpaired) electrons. The number of nitrogens with zero attached hydrogens (tertiary/aromatic N) is 3. The second kappa shape index (κ2) is 12.5. The lowest BCUT2D eigenvalue weighted by atomic mass is 9.85. The topological polar surface area (TPSA) is 75.0 Å². The molecule has 12 heteroatoms. The molecule has 8 nitrogen and oxygen atoms in total. The normalized spacial score (nSPS) is 23.8. The molecule has 0 N–H and O–H groups in total. The highest BCUT2D eigenvalue weighted by Crippen LogP contribution is 2.49. The van der Waals surface area contributed by atoms with Gasteiger partial charge in [-0.3, -0.25) is 4.90 Å². The Morgan fingerprint density at radius 2 is 1.96 bits per heavy atom. The fourth-order valence-corrected chi connectivity index (χ4v) is 8.15. The Labute approximate surface area is 274 Å². The van der Waals surface area contributed by atoms with E-state index in [9.17, 15) is 4.79 Å². The molecule has 0 aliphatic carbocycles. The number of carbonyl (C=O) groups is 1. The van der Waals surface area contributed by atoms with Gasteiger partial charge in [-0.15, -0.1) is 11.3 Å². The first-order chi connectivity index (χ1) is 21.7. The van der Waals surface area contributed by atoms with Crippen LogP contribution in [0.1, 0.15) is 65.8 Å². The second-order valence-corrected chi connectivity index (χ2v) is 13.7. The largest absolute Gasteiger partial charge is 0.462 e. The van der Waals surface area contributed by atoms with Crippen LogP contribution in [0, 0.1) is 11.7 Å². The van der Waals surface area contributed by atoms with Gasteiger partial charge in [-0.05, 0) is 69.5 Å². The predicted octanol–water partition coefficient (Wildman–Crippen LogP) is 7.74. The molecule has 45 heavy (non-hydrogen) atoms. The van der Waals surface area contributed by atoms with Crippen molar-refractivity contribution in [3.63, 3.8) is 0 Å². The van der Waals surface area contributed by atoms with E-state index in [-0.39, 0.29) is 24.7 Å². The average Bonchev–Trinajstić information content (AvgIpc) is 3.50. The Hall–Kier alpha value is -2.73. The van der Waals surface area contributed by atoms with E-state index in [0.29, 0.717) is 39.3 Å². The van der Waals surface area contributed by atoms with Gasteiger partial charge in [0.25, 0.3) is 0 Å². The van der Waals surface area contributed by atoms with Crippen LogP contribution >= 0.6 is 34.5 Å². The molecule has 3 atom stereocenters. The van der Waals surface area contributed by atoms with Crippen LogP contribution in [-0.4, -0.2) is 52.8 Å². The maximum absolute atomic E-state index is 15.1. The number of fused-ring (bicyclic) bond motifs is 2. The average molecular weight is 675 g/mol. The summed E-state index contributed by atoms with van der Waals surface area (Å²) in [5, 5.41) is 0.711. The van der Waals surface area contributed by atoms with Gasteiger partial charge >= 0.3 is 5.97 Å². The molecule has 238 valence electrons. The number of aromatic nitrogens is 2. The van der Waals surface area contributed by atoms with Gasteiger partial charge in [-0.2, -0.15) is 0 Å². The molecule has 0 spiro atoms. The van der Waals surface area contributed by atoms with Gasteiger partial charge in [-0.25, -0.2) is 14.2 Å². The Kier molecular flexibility index (Phi) is 8.56. The summed E-state index contributed by atoms with van der Waals surface area (Å²) >= 11 is 14.1. The van der Waals surface area contributed by atoms with Gasteiger partial charge in [0.2, 0.25) is 5.79 Å². The third kappa shape index (κ3) is 5.85. The number of ether oxygens (including phenoxy) is 4. The van der Waals surface area contributed by atoms with E-state index in [0.717, 1.165) is 60.7 Å². The van der Waals surface area contributed by atoms with Gasteiger partial charge in [0.05, 0.1) is 48.0 Å². The fraction of sp³-hybridized carbons (Fsp3) is 0.455. The summed E-state index contributed by atoms with van der Waals surface area (Å²) in [7, 11) is 0. The summed E-state index contributed by atoms with van der Waals surface area (Å²) in [5.74, 6) is -0.378. The first-order valence-corrected chi connectivity index (χ1v) is 16.9. The van der Waals surface area contributed by atoms with Gasteiger partial charge in [0.15, 0.2) is 0 Å². The Morgan fingerprint density at radius 3 is 2.67 bits per heavy atom. The van der Waals surface area contributed by atoms with E-state index in [4.69, 9.17) is 47.1 Å². The molecule has 3 aliphatic heterocycles. The van der Waals surface area contributed by atoms with E-state index >= 15 is 4.39 Å². The molecule has 1 unspecified atom stereocenters. The van der Waals surface area contributed by atoms with Crippen LogP contribution in [0.15, 0.2) is 42.5 Å². The standard InChI is InChI=1S/C33H34Cl2FN3O5S/c1-3-41-32(40)30-27(35)28-31(45-30)37-26(39(28)17-21-12-15-42-21)18-38-13-10-19(11-14-38)29-22-6-4-5-7-25(22)43-33(2,44-29)23-9-8-20(34)16-24(23)36/h4-9,16,19,21,29H,3,10-15,17-18H2,1-2H3/t21-,29?,33+/m0/s1. The molecule has 2 aromatic carbocycles. The quantitative estimate of drug-likeness (QED) is 0.177. The van der Waals surface area contributed by atoms with Gasteiger partial charge < -0.3 is 23.5 Å². The molecule has 5 heterocycles. The van der Waals surface area contributed by atoms with Crippen LogP contribution in [0.2, 0.25) is 10.0 Å². The maximum atomic E-state index is 15.1. The van der Waals surface area contributed by atoms with Crippen molar-refractivity contribution in [1.29, 1.82) is 0 Å². The molecule has 0 amide bonds. The van der Waals surface area contributed by atoms with Crippen LogP contribution < -0.4 is 4.74 Å². The summed E-state index contributed by atoms with van der Waals surface area (Å²) < 4.78 is 41.2. The van der Waals surface area contributed by atoms with Crippen LogP contribution in [0.3, 0.4) is 0 Å². The van der Waals surface area contributed by atoms with Crippen molar-refractivity contribution >= 4 is 50.9 Å². The molecule has 2 fully saturated rings. The van der Waals surface area contributed by atoms with Crippen molar-refractivity contribution in [3.8, 4) is 5.75 Å². The Bertz CT molecular complexity index is 1730. The van der Waals surface area contributed by atoms with E-state index in [1.807, 2.05) is 24.3 Å². The molecule has 2 saturated heterocycles. The molecule has 2 aromatic heterocycles. The number of thiophene rings is 1. The van der Waals surface area contributed by atoms with Gasteiger partial charge in [0.1, 0.15) is 27.1 Å². The van der Waals surface area contributed by atoms with Crippen LogP contribution in [0.5, 0.6) is 5.75 Å². The number of likely N-dealkylation sites (tertiary alicyclic amines) is 1. The number of esters is 1. The van der Waals surface area contributed by atoms with Crippen molar-refractivity contribution in [1.82, 2.24) is 14.5 Å². The van der Waals surface area contributed by atoms with Crippen LogP contribution in [-0.2, 0) is 33.1 Å². The summed E-state index contributed by atoms with van der Waals surface area (Å²) in [6.07, 6.45) is 2.57.